The largest absolute Gasteiger partial charge is 0.333 e. The van der Waals surface area contributed by atoms with E-state index in [-0.39, 0.29) is 25.3 Å². The summed E-state index contributed by atoms with van der Waals surface area (Å²) in [6.07, 6.45) is 0. The number of rotatable bonds is 11. The number of nitrogens with zero attached hydrogens (tertiary/aromatic N) is 2. The van der Waals surface area contributed by atoms with Crippen molar-refractivity contribution in [2.45, 2.75) is 55.9 Å². The average Bonchev–Trinajstić information content (AvgIpc) is 3.48. The third-order valence-electron chi connectivity index (χ3n) is 9.32. The van der Waals surface area contributed by atoms with Crippen molar-refractivity contribution in [3.8, 4) is 5.69 Å². The second-order valence-electron chi connectivity index (χ2n) is 13.2. The van der Waals surface area contributed by atoms with E-state index < -0.39 is 19.7 Å². The molecule has 1 aromatic heterocycles. The van der Waals surface area contributed by atoms with Crippen LogP contribution in [0.4, 0.5) is 0 Å². The summed E-state index contributed by atoms with van der Waals surface area (Å²) < 4.78 is 56.2. The second kappa shape index (κ2) is 16.0. The molecule has 12 heteroatoms. The predicted octanol–water partition coefficient (Wildman–Crippen LogP) is 10.8. The minimum absolute atomic E-state index is 0.153. The van der Waals surface area contributed by atoms with Gasteiger partial charge in [0.15, 0.2) is 0 Å². The maximum absolute atomic E-state index is 13.5. The Morgan fingerprint density at radius 3 is 1.07 bits per heavy atom. The molecular weight excluding hydrogens is 809 g/mol. The predicted molar refractivity (Wildman–Crippen MR) is 229 cm³/mol. The van der Waals surface area contributed by atoms with Crippen LogP contribution in [0.5, 0.6) is 0 Å². The smallest absolute Gasteiger partial charge is 0.295 e. The summed E-state index contributed by atoms with van der Waals surface area (Å²) in [5, 5.41) is 0. The van der Waals surface area contributed by atoms with Crippen LogP contribution in [0.25, 0.3) is 16.7 Å². The summed E-state index contributed by atoms with van der Waals surface area (Å²) in [4.78, 5) is 20.0. The molecule has 0 N–H and O–H groups in total. The molecule has 284 valence electrons. The Kier molecular flexibility index (Phi) is 10.8. The van der Waals surface area contributed by atoms with E-state index in [4.69, 9.17) is 0 Å². The summed E-state index contributed by atoms with van der Waals surface area (Å²) in [5.41, 5.74) is 2.95. The molecular formula is C45H34N2O5S5. The summed E-state index contributed by atoms with van der Waals surface area (Å²) in [7, 11) is -5.62. The summed E-state index contributed by atoms with van der Waals surface area (Å²) in [6, 6.07) is 51.1. The van der Waals surface area contributed by atoms with Gasteiger partial charge in [-0.1, -0.05) is 65.1 Å². The number of fused-ring (bicyclic) bond motifs is 1. The molecule has 0 saturated heterocycles. The van der Waals surface area contributed by atoms with Gasteiger partial charge in [-0.2, -0.15) is 0 Å². The maximum Gasteiger partial charge on any atom is 0.333 e. The van der Waals surface area contributed by atoms with Gasteiger partial charge in [0.2, 0.25) is 19.7 Å². The van der Waals surface area contributed by atoms with Crippen LogP contribution < -0.4 is 5.69 Å². The van der Waals surface area contributed by atoms with Crippen molar-refractivity contribution in [3.05, 3.63) is 186 Å². The van der Waals surface area contributed by atoms with Gasteiger partial charge in [0.1, 0.15) is 0 Å². The van der Waals surface area contributed by atoms with E-state index in [1.807, 2.05) is 67.6 Å². The van der Waals surface area contributed by atoms with Crippen molar-refractivity contribution in [1.29, 1.82) is 0 Å². The molecule has 1 heterocycles. The fourth-order valence-electron chi connectivity index (χ4n) is 6.24. The second-order valence-corrected chi connectivity index (χ2v) is 20.5. The lowest BCUT2D eigenvalue weighted by molar-refractivity contribution is 0.594. The number of imidazole rings is 1. The topological polar surface area (TPSA) is 95.2 Å². The molecule has 0 aliphatic heterocycles. The first kappa shape index (κ1) is 38.6. The normalized spacial score (nSPS) is 11.9. The molecule has 0 fully saturated rings. The summed E-state index contributed by atoms with van der Waals surface area (Å²) in [5.74, 6) is 0. The van der Waals surface area contributed by atoms with Crippen LogP contribution >= 0.6 is 35.3 Å². The van der Waals surface area contributed by atoms with Crippen LogP contribution in [0.2, 0.25) is 0 Å². The number of hydrogen-bond acceptors (Lipinski definition) is 8. The van der Waals surface area contributed by atoms with Gasteiger partial charge in [0.25, 0.3) is 0 Å². The van der Waals surface area contributed by atoms with Crippen LogP contribution in [-0.2, 0) is 26.7 Å². The van der Waals surface area contributed by atoms with Crippen molar-refractivity contribution in [2.75, 3.05) is 0 Å². The molecule has 0 saturated carbocycles. The molecule has 8 rings (SSSR count). The first-order chi connectivity index (χ1) is 27.5. The van der Waals surface area contributed by atoms with Crippen molar-refractivity contribution in [3.63, 3.8) is 0 Å². The lowest BCUT2D eigenvalue weighted by Crippen LogP contribution is -2.20. The zero-order valence-electron chi connectivity index (χ0n) is 30.6. The van der Waals surface area contributed by atoms with E-state index >= 15 is 0 Å². The highest BCUT2D eigenvalue weighted by Gasteiger charge is 2.20. The van der Waals surface area contributed by atoms with Gasteiger partial charge < -0.3 is 0 Å². The molecule has 0 aliphatic rings. The highest BCUT2D eigenvalue weighted by molar-refractivity contribution is 8.00. The Balaban J connectivity index is 0.865. The zero-order valence-corrected chi connectivity index (χ0v) is 34.7. The Morgan fingerprint density at radius 2 is 0.702 bits per heavy atom. The van der Waals surface area contributed by atoms with E-state index in [1.54, 1.807) is 124 Å². The molecule has 0 bridgehead atoms. The Labute approximate surface area is 344 Å². The standard InChI is InChI=1S/C45H34N2O5S5/c1-31-7-23-39(24-8-31)56(49,50)41-27-19-37(20-28-41)54-35-15-11-33(12-16-35)53-34-13-17-36(18-14-34)55-38-21-29-42(30-22-38)57(51,52)40-25-9-32(10-26-40)47-44-6-4-3-5-43(44)46(2)45(47)48/h3-30H,1-2H3. The SMILES string of the molecule is Cc1ccc(S(=O)(=O)c2ccc(Sc3ccc(Sc4ccc(Sc5ccc(S(=O)(=O)c6ccc(-n7c(=O)n(C)c8ccccc87)cc6)cc5)cc4)cc3)cc2)cc1. The van der Waals surface area contributed by atoms with Gasteiger partial charge in [0.05, 0.1) is 36.3 Å². The first-order valence-electron chi connectivity index (χ1n) is 17.7. The van der Waals surface area contributed by atoms with E-state index in [0.29, 0.717) is 5.69 Å². The number of benzene rings is 7. The Bertz CT molecular complexity index is 3000. The molecule has 0 radical (unpaired) electrons. The third kappa shape index (κ3) is 8.14. The lowest BCUT2D eigenvalue weighted by atomic mass is 10.2. The van der Waals surface area contributed by atoms with Crippen LogP contribution in [0.15, 0.2) is 224 Å². The van der Waals surface area contributed by atoms with E-state index in [2.05, 4.69) is 36.4 Å². The fraction of sp³-hybridized carbons (Fsp3) is 0.0444. The van der Waals surface area contributed by atoms with Gasteiger partial charge in [0, 0.05) is 36.4 Å². The van der Waals surface area contributed by atoms with Gasteiger partial charge in [-0.3, -0.25) is 9.13 Å². The number of sulfone groups is 2. The van der Waals surface area contributed by atoms with Gasteiger partial charge in [-0.05, 0) is 153 Å². The highest BCUT2D eigenvalue weighted by Crippen LogP contribution is 2.36. The lowest BCUT2D eigenvalue weighted by Gasteiger charge is -2.09. The average molecular weight is 843 g/mol. The van der Waals surface area contributed by atoms with Crippen molar-refractivity contribution < 1.29 is 16.8 Å². The molecule has 8 aromatic rings. The minimum Gasteiger partial charge on any atom is -0.295 e. The van der Waals surface area contributed by atoms with Crippen molar-refractivity contribution in [2.24, 2.45) is 7.05 Å². The first-order valence-corrected chi connectivity index (χ1v) is 23.1. The van der Waals surface area contributed by atoms with Crippen LogP contribution in [0.3, 0.4) is 0 Å². The molecule has 7 aromatic carbocycles. The van der Waals surface area contributed by atoms with Gasteiger partial charge in [-0.25, -0.2) is 21.6 Å². The van der Waals surface area contributed by atoms with E-state index in [9.17, 15) is 21.6 Å². The quantitative estimate of drug-likeness (QED) is 0.127. The maximum atomic E-state index is 13.5. The fourth-order valence-corrected chi connectivity index (χ4v) is 11.2. The number of para-hydroxylation sites is 2. The third-order valence-corrected chi connectivity index (χ3v) is 15.9. The van der Waals surface area contributed by atoms with Crippen LogP contribution in [0.1, 0.15) is 5.56 Å². The summed E-state index contributed by atoms with van der Waals surface area (Å²) in [6.45, 7) is 1.93. The van der Waals surface area contributed by atoms with Crippen molar-refractivity contribution in [1.82, 2.24) is 9.13 Å². The molecule has 0 unspecified atom stereocenters. The molecule has 7 nitrogen and oxygen atoms in total. The van der Waals surface area contributed by atoms with Gasteiger partial charge in [-0.15, -0.1) is 0 Å². The van der Waals surface area contributed by atoms with E-state index in [0.717, 1.165) is 46.0 Å². The Hall–Kier alpha value is -5.24. The van der Waals surface area contributed by atoms with Crippen LogP contribution in [-0.4, -0.2) is 26.0 Å². The molecule has 0 amide bonds. The Morgan fingerprint density at radius 1 is 0.404 bits per heavy atom. The minimum atomic E-state index is -3.77. The molecule has 0 atom stereocenters. The number of aromatic nitrogens is 2. The van der Waals surface area contributed by atoms with Gasteiger partial charge >= 0.3 is 5.69 Å². The van der Waals surface area contributed by atoms with Crippen molar-refractivity contribution >= 4 is 66.0 Å². The molecule has 57 heavy (non-hydrogen) atoms. The molecule has 0 spiro atoms. The monoisotopic (exact) mass is 842 g/mol. The number of aryl methyl sites for hydroxylation is 2. The van der Waals surface area contributed by atoms with Crippen LogP contribution in [0, 0.1) is 6.92 Å². The number of hydrogen-bond donors (Lipinski definition) is 0. The molecule has 0 aliphatic carbocycles. The summed E-state index contributed by atoms with van der Waals surface area (Å²) >= 11 is 4.78. The zero-order chi connectivity index (χ0) is 39.7. The van der Waals surface area contributed by atoms with E-state index in [1.165, 1.54) is 0 Å². The highest BCUT2D eigenvalue weighted by atomic mass is 32.2.